The van der Waals surface area contributed by atoms with Crippen molar-refractivity contribution in [3.8, 4) is 0 Å². The molecule has 0 saturated carbocycles. The fourth-order valence-corrected chi connectivity index (χ4v) is 8.77. The molecule has 0 saturated heterocycles. The fourth-order valence-electron chi connectivity index (χ4n) is 1.24. The monoisotopic (exact) mass is 282 g/mol. The van der Waals surface area contributed by atoms with Crippen LogP contribution >= 0.6 is 0 Å². The first-order valence-electron chi connectivity index (χ1n) is 5.49. The summed E-state index contributed by atoms with van der Waals surface area (Å²) in [6, 6.07) is 0. The predicted molar refractivity (Wildman–Crippen MR) is 74.0 cm³/mol. The summed E-state index contributed by atoms with van der Waals surface area (Å²) in [4.78, 5) is 0. The summed E-state index contributed by atoms with van der Waals surface area (Å²) in [5, 5.41) is 0. The van der Waals surface area contributed by atoms with Crippen LogP contribution in [0.5, 0.6) is 0 Å². The van der Waals surface area contributed by atoms with Gasteiger partial charge in [0, 0.05) is 27.6 Å². The molecule has 0 fully saturated rings. The van der Waals surface area contributed by atoms with Crippen LogP contribution in [0.3, 0.4) is 0 Å². The first-order valence-corrected chi connectivity index (χ1v) is 14.4. The molecule has 0 aromatic rings. The van der Waals surface area contributed by atoms with Crippen molar-refractivity contribution in [1.29, 1.82) is 0 Å². The molecule has 0 aromatic heterocycles. The van der Waals surface area contributed by atoms with Gasteiger partial charge in [0.05, 0.1) is 6.23 Å². The lowest BCUT2D eigenvalue weighted by molar-refractivity contribution is 0.233. The van der Waals surface area contributed by atoms with E-state index in [-0.39, 0.29) is 0 Å². The Morgan fingerprint density at radius 3 is 1.81 bits per heavy atom. The quantitative estimate of drug-likeness (QED) is 0.628. The number of hydrogen-bond donors (Lipinski definition) is 0. The minimum atomic E-state index is -1.66. The minimum Gasteiger partial charge on any atom is -0.418 e. The summed E-state index contributed by atoms with van der Waals surface area (Å²) in [5.74, 6) is 0. The van der Waals surface area contributed by atoms with Gasteiger partial charge in [-0.25, -0.2) is 0 Å². The highest BCUT2D eigenvalue weighted by Crippen LogP contribution is 2.20. The van der Waals surface area contributed by atoms with Crippen LogP contribution in [0.1, 0.15) is 0 Å². The zero-order chi connectivity index (χ0) is 12.8. The largest absolute Gasteiger partial charge is 0.418 e. The Bertz CT molecular complexity index is 195. The second-order valence-electron chi connectivity index (χ2n) is 5.04. The van der Waals surface area contributed by atoms with Crippen LogP contribution < -0.4 is 0 Å². The van der Waals surface area contributed by atoms with Gasteiger partial charge in [0.25, 0.3) is 0 Å². The van der Waals surface area contributed by atoms with Crippen LogP contribution in [0.4, 0.5) is 0 Å². The normalized spacial score (nSPS) is 13.5. The Kier molecular flexibility index (Phi) is 7.26. The molecule has 0 unspecified atom stereocenters. The lowest BCUT2D eigenvalue weighted by Crippen LogP contribution is -2.61. The van der Waals surface area contributed by atoms with E-state index >= 15 is 0 Å². The maximum atomic E-state index is 6.12. The molecule has 0 rings (SSSR count). The molecule has 0 aliphatic heterocycles. The summed E-state index contributed by atoms with van der Waals surface area (Å²) in [6.45, 7) is 9.21. The van der Waals surface area contributed by atoms with Crippen molar-refractivity contribution in [3.05, 3.63) is 0 Å². The lowest BCUT2D eigenvalue weighted by Gasteiger charge is -2.37. The van der Waals surface area contributed by atoms with Crippen LogP contribution in [0.25, 0.3) is 0 Å². The Hall–Kier alpha value is 0.491. The van der Waals surface area contributed by atoms with E-state index in [4.69, 9.17) is 18.0 Å². The molecule has 0 N–H and O–H groups in total. The van der Waals surface area contributed by atoms with Gasteiger partial charge in [-0.3, -0.25) is 0 Å². The zero-order valence-corrected chi connectivity index (χ0v) is 14.8. The standard InChI is InChI=1S/C9H26O4Si3/c1-10-9-15(4,5)16(6,7)13-8-14(11-2)12-3/h14H,8-9H2,1-7H3. The van der Waals surface area contributed by atoms with Crippen molar-refractivity contribution in [2.75, 3.05) is 33.8 Å². The van der Waals surface area contributed by atoms with Gasteiger partial charge in [-0.1, -0.05) is 13.1 Å². The molecule has 4 nitrogen and oxygen atoms in total. The van der Waals surface area contributed by atoms with E-state index in [1.54, 1.807) is 21.3 Å². The fraction of sp³-hybridized carbons (Fsp3) is 1.00. The molecule has 0 spiro atoms. The third-order valence-electron chi connectivity index (χ3n) is 3.24. The first kappa shape index (κ1) is 16.5. The SMILES string of the molecule is COC[Si](C)(C)[Si](C)(C)OC[SiH](OC)OC. The van der Waals surface area contributed by atoms with E-state index < -0.39 is 24.7 Å². The minimum absolute atomic E-state index is 0.645. The van der Waals surface area contributed by atoms with E-state index in [2.05, 4.69) is 26.2 Å². The molecule has 0 bridgehead atoms. The molecule has 98 valence electrons. The maximum absolute atomic E-state index is 6.12. The molecule has 0 radical (unpaired) electrons. The molecule has 0 aliphatic carbocycles. The summed E-state index contributed by atoms with van der Waals surface area (Å²) in [5.41, 5.74) is 0. The second kappa shape index (κ2) is 7.04. The Morgan fingerprint density at radius 2 is 1.44 bits per heavy atom. The van der Waals surface area contributed by atoms with Gasteiger partial charge in [-0.2, -0.15) is 0 Å². The van der Waals surface area contributed by atoms with Crippen LogP contribution in [0.2, 0.25) is 26.2 Å². The summed E-state index contributed by atoms with van der Waals surface area (Å²) in [7, 11) is 0.480. The first-order chi connectivity index (χ1) is 7.30. The summed E-state index contributed by atoms with van der Waals surface area (Å²) in [6.07, 6.45) is 1.50. The van der Waals surface area contributed by atoms with Crippen LogP contribution in [0, 0.1) is 0 Å². The number of rotatable bonds is 8. The van der Waals surface area contributed by atoms with Crippen molar-refractivity contribution >= 4 is 24.7 Å². The maximum Gasteiger partial charge on any atom is 0.346 e. The van der Waals surface area contributed by atoms with Gasteiger partial charge in [-0.15, -0.1) is 0 Å². The van der Waals surface area contributed by atoms with Gasteiger partial charge < -0.3 is 18.0 Å². The van der Waals surface area contributed by atoms with Crippen molar-refractivity contribution < 1.29 is 18.0 Å². The Labute approximate surface area is 103 Å². The van der Waals surface area contributed by atoms with Gasteiger partial charge in [0.2, 0.25) is 0 Å². The molecule has 0 aromatic carbocycles. The van der Waals surface area contributed by atoms with Gasteiger partial charge in [-0.05, 0) is 13.1 Å². The van der Waals surface area contributed by atoms with E-state index in [0.29, 0.717) is 6.23 Å². The van der Waals surface area contributed by atoms with Crippen molar-refractivity contribution in [1.82, 2.24) is 0 Å². The second-order valence-corrected chi connectivity index (χ2v) is 22.2. The van der Waals surface area contributed by atoms with Gasteiger partial charge >= 0.3 is 9.28 Å². The summed E-state index contributed by atoms with van der Waals surface area (Å²) < 4.78 is 22.0. The van der Waals surface area contributed by atoms with Crippen molar-refractivity contribution in [3.63, 3.8) is 0 Å². The predicted octanol–water partition coefficient (Wildman–Crippen LogP) is 1.23. The van der Waals surface area contributed by atoms with E-state index in [1.807, 2.05) is 0 Å². The number of methoxy groups -OCH3 is 1. The smallest absolute Gasteiger partial charge is 0.346 e. The van der Waals surface area contributed by atoms with Crippen LogP contribution in [0.15, 0.2) is 0 Å². The van der Waals surface area contributed by atoms with Crippen molar-refractivity contribution in [2.45, 2.75) is 26.2 Å². The molecule has 16 heavy (non-hydrogen) atoms. The van der Waals surface area contributed by atoms with Crippen LogP contribution in [-0.4, -0.2) is 58.5 Å². The summed E-state index contributed by atoms with van der Waals surface area (Å²) >= 11 is 0. The van der Waals surface area contributed by atoms with Gasteiger partial charge in [0.1, 0.15) is 7.59 Å². The highest BCUT2D eigenvalue weighted by atomic mass is 29.3. The lowest BCUT2D eigenvalue weighted by atomic mass is 11.5. The van der Waals surface area contributed by atoms with E-state index in [9.17, 15) is 0 Å². The molecular weight excluding hydrogens is 256 g/mol. The molecule has 0 atom stereocenters. The Morgan fingerprint density at radius 1 is 0.938 bits per heavy atom. The highest BCUT2D eigenvalue weighted by Gasteiger charge is 2.43. The number of hydrogen-bond acceptors (Lipinski definition) is 4. The van der Waals surface area contributed by atoms with E-state index in [0.717, 1.165) is 6.23 Å². The average Bonchev–Trinajstić information content (AvgIpc) is 2.18. The topological polar surface area (TPSA) is 36.9 Å². The number of ether oxygens (including phenoxy) is 1. The molecule has 7 heteroatoms. The molecule has 0 heterocycles. The third-order valence-corrected chi connectivity index (χ3v) is 20.9. The molecule has 0 amide bonds. The van der Waals surface area contributed by atoms with Crippen LogP contribution in [-0.2, 0) is 18.0 Å². The average molecular weight is 283 g/mol. The van der Waals surface area contributed by atoms with Crippen molar-refractivity contribution in [2.24, 2.45) is 0 Å². The third kappa shape index (κ3) is 4.78. The Balaban J connectivity index is 4.32. The molecule has 0 aliphatic rings. The highest BCUT2D eigenvalue weighted by molar-refractivity contribution is 7.38. The van der Waals surface area contributed by atoms with Gasteiger partial charge in [0.15, 0.2) is 7.83 Å². The van der Waals surface area contributed by atoms with E-state index in [1.165, 1.54) is 0 Å². The molecular formula is C9H26O4Si3. The zero-order valence-electron chi connectivity index (χ0n) is 11.6.